The Labute approximate surface area is 252 Å². The largest absolute Gasteiger partial charge is 0.759 e. The molecule has 0 unspecified atom stereocenters. The van der Waals surface area contributed by atoms with Crippen LogP contribution in [0.15, 0.2) is 72.8 Å². The third-order valence-corrected chi connectivity index (χ3v) is 6.84. The minimum Gasteiger partial charge on any atom is -0.759 e. The van der Waals surface area contributed by atoms with Gasteiger partial charge < -0.3 is 9.11 Å². The van der Waals surface area contributed by atoms with Crippen LogP contribution in [0.1, 0.15) is 63.7 Å². The van der Waals surface area contributed by atoms with E-state index in [2.05, 4.69) is 9.95 Å². The molecule has 2 aliphatic rings. The summed E-state index contributed by atoms with van der Waals surface area (Å²) in [7, 11) is -5.17. The lowest BCUT2D eigenvalue weighted by Crippen LogP contribution is -2.21. The Morgan fingerprint density at radius 1 is 0.512 bits per heavy atom. The van der Waals surface area contributed by atoms with E-state index in [0.717, 1.165) is 0 Å². The number of halogens is 2. The number of hydrogen-bond acceptors (Lipinski definition) is 10. The molecule has 4 aromatic carbocycles. The van der Waals surface area contributed by atoms with Crippen molar-refractivity contribution in [3.63, 3.8) is 0 Å². The van der Waals surface area contributed by atoms with Crippen molar-refractivity contribution in [3.05, 3.63) is 137 Å². The zero-order valence-corrected chi connectivity index (χ0v) is 23.5. The summed E-state index contributed by atoms with van der Waals surface area (Å²) in [5, 5.41) is 18.4. The molecule has 0 spiro atoms. The fourth-order valence-corrected chi connectivity index (χ4v) is 5.05. The molecule has 43 heavy (non-hydrogen) atoms. The third-order valence-electron chi connectivity index (χ3n) is 6.21. The SMILES string of the molecule is N#[N+]c1cccc2c1C(=O)c1cccc(Cl)c1C2=O.N#[N+]c1cccc2c1C(=O)c1cccc(Cl)c1C2=O.O=S(=O)([O-])[O-]. The predicted molar refractivity (Wildman–Crippen MR) is 149 cm³/mol. The summed E-state index contributed by atoms with van der Waals surface area (Å²) in [6.07, 6.45) is 0. The standard InChI is InChI=1S/2C14H6ClN2O2.H2O4S/c2*15-9-5-1-3-7-11(9)13(18)8-4-2-6-10(17-16)12(8)14(7)19;1-5(2,3)4/h2*1-6H;(H2,1,2,3,4)/q2*+1;/p-2. The predicted octanol–water partition coefficient (Wildman–Crippen LogP) is 5.86. The minimum atomic E-state index is -5.17. The smallest absolute Gasteiger partial charge is 0.396 e. The second-order valence-corrected chi connectivity index (χ2v) is 10.3. The molecule has 12 nitrogen and oxygen atoms in total. The number of hydrogen-bond donors (Lipinski definition) is 0. The van der Waals surface area contributed by atoms with Crippen molar-refractivity contribution in [1.29, 1.82) is 10.8 Å². The molecule has 15 heteroatoms. The molecule has 0 bridgehead atoms. The van der Waals surface area contributed by atoms with Gasteiger partial charge >= 0.3 is 11.4 Å². The van der Waals surface area contributed by atoms with Crippen LogP contribution in [-0.4, -0.2) is 40.7 Å². The quantitative estimate of drug-likeness (QED) is 0.110. The maximum Gasteiger partial charge on any atom is 0.396 e. The maximum absolute atomic E-state index is 12.4. The molecule has 4 aromatic rings. The number of rotatable bonds is 0. The van der Waals surface area contributed by atoms with Crippen LogP contribution in [0.2, 0.25) is 10.0 Å². The second-order valence-electron chi connectivity index (χ2n) is 8.65. The molecule has 0 atom stereocenters. The molecular weight excluding hydrogens is 623 g/mol. The van der Waals surface area contributed by atoms with Gasteiger partial charge in [0.05, 0.1) is 21.2 Å². The van der Waals surface area contributed by atoms with Crippen LogP contribution in [0.3, 0.4) is 0 Å². The first-order chi connectivity index (χ1) is 20.3. The summed E-state index contributed by atoms with van der Waals surface area (Å²) >= 11 is 12.0. The number of nitrogens with zero attached hydrogens (tertiary/aromatic N) is 4. The van der Waals surface area contributed by atoms with Gasteiger partial charge in [0, 0.05) is 44.8 Å². The number of fused-ring (bicyclic) bond motifs is 4. The van der Waals surface area contributed by atoms with E-state index < -0.39 is 10.4 Å². The molecule has 0 aromatic heterocycles. The fraction of sp³-hybridized carbons (Fsp3) is 0. The van der Waals surface area contributed by atoms with Crippen molar-refractivity contribution in [3.8, 4) is 0 Å². The summed E-state index contributed by atoms with van der Waals surface area (Å²) in [6, 6.07) is 18.5. The van der Waals surface area contributed by atoms with Crippen molar-refractivity contribution < 1.29 is 36.7 Å². The van der Waals surface area contributed by atoms with Crippen LogP contribution in [0.4, 0.5) is 11.4 Å². The number of carbonyl (C=O) groups is 4. The maximum atomic E-state index is 12.4. The molecule has 2 aliphatic carbocycles. The van der Waals surface area contributed by atoms with Gasteiger partial charge in [-0.15, -0.1) is 0 Å². The van der Waals surface area contributed by atoms with Crippen molar-refractivity contribution in [2.24, 2.45) is 0 Å². The van der Waals surface area contributed by atoms with Crippen molar-refractivity contribution in [1.82, 2.24) is 0 Å². The van der Waals surface area contributed by atoms with Gasteiger partial charge in [0.2, 0.25) is 22.4 Å². The lowest BCUT2D eigenvalue weighted by molar-refractivity contribution is 0.0980. The first-order valence-electron chi connectivity index (χ1n) is 11.7. The highest BCUT2D eigenvalue weighted by atomic mass is 35.5. The van der Waals surface area contributed by atoms with E-state index in [0.29, 0.717) is 0 Å². The zero-order valence-electron chi connectivity index (χ0n) is 21.1. The Morgan fingerprint density at radius 2 is 0.767 bits per heavy atom. The van der Waals surface area contributed by atoms with E-state index in [4.69, 9.17) is 51.5 Å². The number of benzene rings is 4. The molecular formula is C28H12Cl2N4O8S. The summed E-state index contributed by atoms with van der Waals surface area (Å²) in [5.41, 5.74) is 1.70. The van der Waals surface area contributed by atoms with Gasteiger partial charge in [-0.1, -0.05) is 59.6 Å². The van der Waals surface area contributed by atoms with E-state index in [1.807, 2.05) is 0 Å². The molecule has 212 valence electrons. The molecule has 6 rings (SSSR count). The van der Waals surface area contributed by atoms with Gasteiger partial charge in [0.1, 0.15) is 11.1 Å². The van der Waals surface area contributed by atoms with Gasteiger partial charge in [0.15, 0.2) is 21.5 Å². The highest BCUT2D eigenvalue weighted by Crippen LogP contribution is 2.37. The molecule has 0 saturated heterocycles. The Bertz CT molecular complexity index is 1960. The molecule has 0 N–H and O–H groups in total. The van der Waals surface area contributed by atoms with Gasteiger partial charge in [0.25, 0.3) is 0 Å². The Morgan fingerprint density at radius 3 is 1.07 bits per heavy atom. The van der Waals surface area contributed by atoms with Gasteiger partial charge in [-0.2, -0.15) is 0 Å². The van der Waals surface area contributed by atoms with E-state index in [1.54, 1.807) is 48.5 Å². The fourth-order valence-electron chi connectivity index (χ4n) is 4.53. The van der Waals surface area contributed by atoms with Crippen LogP contribution in [0.25, 0.3) is 9.95 Å². The van der Waals surface area contributed by atoms with E-state index in [-0.39, 0.29) is 89.1 Å². The van der Waals surface area contributed by atoms with Crippen molar-refractivity contribution >= 4 is 68.1 Å². The average Bonchev–Trinajstić information content (AvgIpc) is 2.97. The van der Waals surface area contributed by atoms with Gasteiger partial charge in [-0.25, -0.2) is 0 Å². The lowest BCUT2D eigenvalue weighted by Gasteiger charge is -2.16. The molecule has 0 radical (unpaired) electrons. The topological polar surface area (TPSA) is 205 Å². The zero-order chi connectivity index (χ0) is 31.6. The number of diazo groups is 2. The molecule has 0 fully saturated rings. The van der Waals surface area contributed by atoms with Crippen LogP contribution < -0.4 is 0 Å². The monoisotopic (exact) mass is 634 g/mol. The Hall–Kier alpha value is -5.15. The summed E-state index contributed by atoms with van der Waals surface area (Å²) < 4.78 is 34.1. The highest BCUT2D eigenvalue weighted by molar-refractivity contribution is 7.79. The third kappa shape index (κ3) is 5.93. The summed E-state index contributed by atoms with van der Waals surface area (Å²) in [6.45, 7) is 0. The van der Waals surface area contributed by atoms with Gasteiger partial charge in [-0.3, -0.25) is 27.6 Å². The second kappa shape index (κ2) is 12.0. The van der Waals surface area contributed by atoms with Crippen LogP contribution in [-0.2, 0) is 10.4 Å². The van der Waals surface area contributed by atoms with Crippen LogP contribution in [0.5, 0.6) is 0 Å². The van der Waals surface area contributed by atoms with E-state index in [1.165, 1.54) is 24.3 Å². The average molecular weight is 635 g/mol. The first-order valence-corrected chi connectivity index (χ1v) is 13.8. The normalized spacial score (nSPS) is 12.5. The van der Waals surface area contributed by atoms with E-state index in [9.17, 15) is 19.2 Å². The molecule has 0 heterocycles. The van der Waals surface area contributed by atoms with Crippen LogP contribution >= 0.6 is 23.2 Å². The summed E-state index contributed by atoms with van der Waals surface area (Å²) in [5.74, 6) is -1.39. The molecule has 0 amide bonds. The Balaban J connectivity index is 0.000000171. The lowest BCUT2D eigenvalue weighted by atomic mass is 9.83. The van der Waals surface area contributed by atoms with Crippen LogP contribution in [0, 0.1) is 10.8 Å². The van der Waals surface area contributed by atoms with Crippen molar-refractivity contribution in [2.45, 2.75) is 0 Å². The minimum absolute atomic E-state index is 0.0847. The number of carbonyl (C=O) groups excluding carboxylic acids is 4. The summed E-state index contributed by atoms with van der Waals surface area (Å²) in [4.78, 5) is 55.7. The number of ketones is 4. The first kappa shape index (κ1) is 30.8. The van der Waals surface area contributed by atoms with Gasteiger partial charge in [-0.05, 0) is 24.3 Å². The van der Waals surface area contributed by atoms with Crippen molar-refractivity contribution in [2.75, 3.05) is 0 Å². The highest BCUT2D eigenvalue weighted by Gasteiger charge is 2.38. The molecule has 0 saturated carbocycles. The van der Waals surface area contributed by atoms with E-state index >= 15 is 0 Å². The molecule has 0 aliphatic heterocycles. The Kier molecular flexibility index (Phi) is 8.59.